The first-order valence-corrected chi connectivity index (χ1v) is 8.00. The minimum Gasteiger partial charge on any atom is -0.307 e. The van der Waals surface area contributed by atoms with Gasteiger partial charge in [0.15, 0.2) is 5.13 Å². The fourth-order valence-corrected chi connectivity index (χ4v) is 3.90. The number of nitrogens with zero attached hydrogens (tertiary/aromatic N) is 2. The van der Waals surface area contributed by atoms with Crippen LogP contribution < -0.4 is 5.32 Å². The largest absolute Gasteiger partial charge is 0.307 e. The molecule has 3 heterocycles. The van der Waals surface area contributed by atoms with Gasteiger partial charge in [-0.1, -0.05) is 24.0 Å². The van der Waals surface area contributed by atoms with Crippen LogP contribution in [-0.4, -0.2) is 19.8 Å². The second-order valence-electron chi connectivity index (χ2n) is 4.33. The highest BCUT2D eigenvalue weighted by Gasteiger charge is 2.23. The van der Waals surface area contributed by atoms with E-state index in [1.807, 2.05) is 25.3 Å². The molecule has 1 N–H and O–H groups in total. The number of thiocarbonyl (C=S) groups is 1. The predicted octanol–water partition coefficient (Wildman–Crippen LogP) is 3.04. The van der Waals surface area contributed by atoms with E-state index in [0.717, 1.165) is 22.1 Å². The van der Waals surface area contributed by atoms with Crippen LogP contribution in [-0.2, 0) is 4.79 Å². The number of aromatic nitrogens is 2. The normalized spacial score (nSPS) is 17.0. The topological polar surface area (TPSA) is 46.9 Å². The molecule has 1 aliphatic rings. The number of nitrogens with one attached hydrogen (secondary N) is 1. The van der Waals surface area contributed by atoms with Gasteiger partial charge in [-0.15, -0.1) is 11.3 Å². The molecule has 0 aromatic carbocycles. The number of amides is 1. The van der Waals surface area contributed by atoms with E-state index in [0.29, 0.717) is 9.23 Å². The molecule has 1 saturated heterocycles. The molecule has 1 fully saturated rings. The molecule has 1 aliphatic heterocycles. The van der Waals surface area contributed by atoms with Crippen LogP contribution in [0.1, 0.15) is 17.0 Å². The standard InChI is InChI=1S/C13H11N3OS3/c1-7-5-9(6-10-11(17)15-13(18)20-10)8(2)16(7)12-14-3-4-19-12/h3-6H,1-2H3,(H,15,17,18). The van der Waals surface area contributed by atoms with E-state index in [9.17, 15) is 4.79 Å². The SMILES string of the molecule is Cc1cc(C=C2SC(=S)NC2=O)c(C)n1-c1nccs1. The van der Waals surface area contributed by atoms with Crippen LogP contribution in [0.2, 0.25) is 0 Å². The molecule has 20 heavy (non-hydrogen) atoms. The zero-order valence-corrected chi connectivity index (χ0v) is 13.3. The summed E-state index contributed by atoms with van der Waals surface area (Å²) in [4.78, 5) is 16.7. The highest BCUT2D eigenvalue weighted by Crippen LogP contribution is 2.29. The van der Waals surface area contributed by atoms with Crippen molar-refractivity contribution in [3.05, 3.63) is 39.5 Å². The van der Waals surface area contributed by atoms with E-state index in [4.69, 9.17) is 12.2 Å². The van der Waals surface area contributed by atoms with Gasteiger partial charge in [0.1, 0.15) is 4.32 Å². The summed E-state index contributed by atoms with van der Waals surface area (Å²) < 4.78 is 2.60. The number of hydrogen-bond acceptors (Lipinski definition) is 5. The fourth-order valence-electron chi connectivity index (χ4n) is 2.12. The molecule has 4 nitrogen and oxygen atoms in total. The van der Waals surface area contributed by atoms with Crippen LogP contribution in [0, 0.1) is 13.8 Å². The highest BCUT2D eigenvalue weighted by atomic mass is 32.2. The van der Waals surface area contributed by atoms with Crippen molar-refractivity contribution in [1.29, 1.82) is 0 Å². The van der Waals surface area contributed by atoms with Gasteiger partial charge in [-0.25, -0.2) is 4.98 Å². The summed E-state index contributed by atoms with van der Waals surface area (Å²) in [7, 11) is 0. The molecule has 0 spiro atoms. The molecule has 3 rings (SSSR count). The van der Waals surface area contributed by atoms with Gasteiger partial charge in [0, 0.05) is 23.0 Å². The fraction of sp³-hybridized carbons (Fsp3) is 0.154. The van der Waals surface area contributed by atoms with Crippen molar-refractivity contribution in [1.82, 2.24) is 14.9 Å². The first-order chi connectivity index (χ1) is 9.56. The highest BCUT2D eigenvalue weighted by molar-refractivity contribution is 8.26. The van der Waals surface area contributed by atoms with Crippen LogP contribution in [0.5, 0.6) is 0 Å². The number of rotatable bonds is 2. The maximum absolute atomic E-state index is 11.7. The Labute approximate surface area is 129 Å². The third-order valence-corrected chi connectivity index (χ3v) is 4.93. The number of aryl methyl sites for hydroxylation is 1. The van der Waals surface area contributed by atoms with E-state index in [1.165, 1.54) is 11.8 Å². The lowest BCUT2D eigenvalue weighted by Gasteiger charge is -2.04. The van der Waals surface area contributed by atoms with E-state index >= 15 is 0 Å². The molecule has 1 amide bonds. The summed E-state index contributed by atoms with van der Waals surface area (Å²) in [5.41, 5.74) is 3.17. The average Bonchev–Trinajstić information content (AvgIpc) is 3.04. The summed E-state index contributed by atoms with van der Waals surface area (Å²) in [6, 6.07) is 2.05. The Morgan fingerprint density at radius 3 is 2.85 bits per heavy atom. The van der Waals surface area contributed by atoms with Gasteiger partial charge in [0.05, 0.1) is 4.91 Å². The molecule has 0 radical (unpaired) electrons. The number of hydrogen-bond donors (Lipinski definition) is 1. The van der Waals surface area contributed by atoms with Crippen molar-refractivity contribution in [3.63, 3.8) is 0 Å². The third-order valence-electron chi connectivity index (χ3n) is 3.01. The molecule has 0 aliphatic carbocycles. The molecule has 102 valence electrons. The lowest BCUT2D eigenvalue weighted by Crippen LogP contribution is -2.17. The van der Waals surface area contributed by atoms with E-state index in [1.54, 1.807) is 17.5 Å². The molecular weight excluding hydrogens is 310 g/mol. The Hall–Kier alpha value is -1.44. The molecule has 7 heteroatoms. The second-order valence-corrected chi connectivity index (χ2v) is 6.92. The lowest BCUT2D eigenvalue weighted by atomic mass is 10.2. The van der Waals surface area contributed by atoms with Crippen LogP contribution in [0.3, 0.4) is 0 Å². The zero-order valence-electron chi connectivity index (χ0n) is 10.8. The summed E-state index contributed by atoms with van der Waals surface area (Å²) in [5, 5.41) is 5.51. The van der Waals surface area contributed by atoms with Gasteiger partial charge in [0.2, 0.25) is 0 Å². The number of carbonyl (C=O) groups is 1. The van der Waals surface area contributed by atoms with Crippen LogP contribution in [0.4, 0.5) is 0 Å². The van der Waals surface area contributed by atoms with E-state index < -0.39 is 0 Å². The van der Waals surface area contributed by atoms with Gasteiger partial charge < -0.3 is 5.32 Å². The first-order valence-electron chi connectivity index (χ1n) is 5.90. The minimum absolute atomic E-state index is 0.126. The van der Waals surface area contributed by atoms with Gasteiger partial charge in [-0.3, -0.25) is 9.36 Å². The van der Waals surface area contributed by atoms with E-state index in [-0.39, 0.29) is 5.91 Å². The maximum Gasteiger partial charge on any atom is 0.263 e. The van der Waals surface area contributed by atoms with Gasteiger partial charge >= 0.3 is 0 Å². The molecule has 0 unspecified atom stereocenters. The van der Waals surface area contributed by atoms with Gasteiger partial charge in [-0.2, -0.15) is 0 Å². The average molecular weight is 321 g/mol. The first kappa shape index (κ1) is 13.5. The van der Waals surface area contributed by atoms with Crippen molar-refractivity contribution in [2.45, 2.75) is 13.8 Å². The van der Waals surface area contributed by atoms with Crippen molar-refractivity contribution in [2.75, 3.05) is 0 Å². The Balaban J connectivity index is 2.05. The Bertz CT molecular complexity index is 728. The Morgan fingerprint density at radius 2 is 2.25 bits per heavy atom. The molecular formula is C13H11N3OS3. The van der Waals surface area contributed by atoms with Crippen LogP contribution in [0.25, 0.3) is 11.2 Å². The molecule has 0 atom stereocenters. The summed E-state index contributed by atoms with van der Waals surface area (Å²) in [5.74, 6) is -0.126. The number of thioether (sulfide) groups is 1. The maximum atomic E-state index is 11.7. The van der Waals surface area contributed by atoms with Crippen molar-refractivity contribution >= 4 is 51.6 Å². The lowest BCUT2D eigenvalue weighted by molar-refractivity contribution is -0.115. The zero-order chi connectivity index (χ0) is 14.3. The van der Waals surface area contributed by atoms with Crippen molar-refractivity contribution in [2.24, 2.45) is 0 Å². The van der Waals surface area contributed by atoms with E-state index in [2.05, 4.69) is 20.9 Å². The number of thiazole rings is 1. The molecule has 0 bridgehead atoms. The van der Waals surface area contributed by atoms with Crippen LogP contribution >= 0.6 is 35.3 Å². The molecule has 2 aromatic rings. The van der Waals surface area contributed by atoms with Crippen molar-refractivity contribution in [3.8, 4) is 5.13 Å². The van der Waals surface area contributed by atoms with Crippen molar-refractivity contribution < 1.29 is 4.79 Å². The van der Waals surface area contributed by atoms with Crippen LogP contribution in [0.15, 0.2) is 22.5 Å². The Kier molecular flexibility index (Phi) is 3.49. The second kappa shape index (κ2) is 5.16. The molecule has 2 aromatic heterocycles. The summed E-state index contributed by atoms with van der Waals surface area (Å²) in [6.45, 7) is 4.06. The smallest absolute Gasteiger partial charge is 0.263 e. The monoisotopic (exact) mass is 321 g/mol. The minimum atomic E-state index is -0.126. The summed E-state index contributed by atoms with van der Waals surface area (Å²) in [6.07, 6.45) is 3.67. The summed E-state index contributed by atoms with van der Waals surface area (Å²) >= 11 is 7.88. The van der Waals surface area contributed by atoms with Gasteiger partial charge in [0.25, 0.3) is 5.91 Å². The third kappa shape index (κ3) is 2.32. The Morgan fingerprint density at radius 1 is 1.45 bits per heavy atom. The number of carbonyl (C=O) groups excluding carboxylic acids is 1. The predicted molar refractivity (Wildman–Crippen MR) is 87.2 cm³/mol. The molecule has 0 saturated carbocycles. The quantitative estimate of drug-likeness (QED) is 0.682. The van der Waals surface area contributed by atoms with Gasteiger partial charge in [-0.05, 0) is 31.6 Å².